The molecule has 17 heavy (non-hydrogen) atoms. The number of aromatic nitrogens is 1. The molecule has 0 atom stereocenters. The first-order valence-corrected chi connectivity index (χ1v) is 4.73. The molecule has 0 saturated carbocycles. The summed E-state index contributed by atoms with van der Waals surface area (Å²) >= 11 is 0. The minimum atomic E-state index is -0.897. The zero-order valence-corrected chi connectivity index (χ0v) is 9.70. The average molecular weight is 254 g/mol. The molecule has 0 radical (unpaired) electrons. The Labute approximate surface area is 104 Å². The van der Waals surface area contributed by atoms with Gasteiger partial charge in [-0.25, -0.2) is 0 Å². The number of fused-ring (bicyclic) bond motifs is 1. The highest BCUT2D eigenvalue weighted by Crippen LogP contribution is 2.17. The predicted molar refractivity (Wildman–Crippen MR) is 67.8 cm³/mol. The van der Waals surface area contributed by atoms with Crippen LogP contribution in [0.25, 0.3) is 10.9 Å². The summed E-state index contributed by atoms with van der Waals surface area (Å²) in [7, 11) is 0. The molecule has 0 unspecified atom stereocenters. The number of aliphatic carboxylic acids is 1. The van der Waals surface area contributed by atoms with Crippen molar-refractivity contribution < 1.29 is 9.90 Å². The molecule has 4 N–H and O–H groups in total. The largest absolute Gasteiger partial charge is 0.480 e. The highest BCUT2D eigenvalue weighted by atomic mass is 35.5. The van der Waals surface area contributed by atoms with Crippen LogP contribution in [0.15, 0.2) is 30.5 Å². The van der Waals surface area contributed by atoms with Gasteiger partial charge in [0.05, 0.1) is 0 Å². The number of halogens is 1. The van der Waals surface area contributed by atoms with Crippen molar-refractivity contribution in [3.63, 3.8) is 0 Å². The second-order valence-electron chi connectivity index (χ2n) is 3.52. The minimum Gasteiger partial charge on any atom is -0.480 e. The molecule has 0 aliphatic heterocycles. The van der Waals surface area contributed by atoms with E-state index in [9.17, 15) is 4.79 Å². The summed E-state index contributed by atoms with van der Waals surface area (Å²) in [5, 5.41) is 17.0. The number of carboxylic acid groups (broad SMARTS) is 1. The number of nitrogen functional groups attached to an aromatic ring is 1. The molecule has 2 aromatic rings. The van der Waals surface area contributed by atoms with Crippen LogP contribution in [-0.2, 0) is 11.3 Å². The number of nitrogens with one attached hydrogen (secondary N) is 1. The third-order valence-corrected chi connectivity index (χ3v) is 2.39. The third kappa shape index (κ3) is 2.57. The molecule has 1 aromatic carbocycles. The second kappa shape index (κ2) is 4.88. The van der Waals surface area contributed by atoms with Gasteiger partial charge in [0.1, 0.15) is 12.4 Å². The molecule has 0 aliphatic carbocycles. The molecule has 0 amide bonds. The summed E-state index contributed by atoms with van der Waals surface area (Å²) in [6.45, 7) is -0.0924. The Morgan fingerprint density at radius 1 is 1.41 bits per heavy atom. The fourth-order valence-electron chi connectivity index (χ4n) is 1.64. The van der Waals surface area contributed by atoms with Crippen LogP contribution in [0.5, 0.6) is 0 Å². The summed E-state index contributed by atoms with van der Waals surface area (Å²) in [5.74, 6) is -0.921. The Balaban J connectivity index is 0.00000144. The van der Waals surface area contributed by atoms with Crippen LogP contribution in [0.2, 0.25) is 0 Å². The van der Waals surface area contributed by atoms with E-state index >= 15 is 0 Å². The molecule has 0 fully saturated rings. The first-order chi connectivity index (χ1) is 7.58. The number of nitrogens with zero attached hydrogens (tertiary/aromatic N) is 1. The third-order valence-electron chi connectivity index (χ3n) is 2.39. The fraction of sp³-hybridized carbons (Fsp3) is 0.0909. The number of amidine groups is 1. The smallest absolute Gasteiger partial charge is 0.323 e. The maximum atomic E-state index is 10.6. The molecule has 1 aromatic heterocycles. The van der Waals surface area contributed by atoms with Crippen molar-refractivity contribution in [3.8, 4) is 0 Å². The normalized spacial score (nSPS) is 9.88. The number of hydrogen-bond donors (Lipinski definition) is 3. The quantitative estimate of drug-likeness (QED) is 0.571. The molecule has 90 valence electrons. The van der Waals surface area contributed by atoms with Crippen molar-refractivity contribution in [3.05, 3.63) is 36.0 Å². The zero-order chi connectivity index (χ0) is 11.7. The maximum Gasteiger partial charge on any atom is 0.323 e. The van der Waals surface area contributed by atoms with E-state index in [-0.39, 0.29) is 24.8 Å². The van der Waals surface area contributed by atoms with E-state index in [0.29, 0.717) is 5.56 Å². The van der Waals surface area contributed by atoms with Crippen molar-refractivity contribution >= 4 is 35.1 Å². The Hall–Kier alpha value is -2.01. The summed E-state index contributed by atoms with van der Waals surface area (Å²) in [6, 6.07) is 7.13. The highest BCUT2D eigenvalue weighted by molar-refractivity contribution is 5.98. The lowest BCUT2D eigenvalue weighted by atomic mass is 10.1. The number of carboxylic acids is 1. The van der Waals surface area contributed by atoms with Gasteiger partial charge in [0.25, 0.3) is 0 Å². The summed E-state index contributed by atoms with van der Waals surface area (Å²) in [6.07, 6.45) is 1.71. The molecule has 0 bridgehead atoms. The van der Waals surface area contributed by atoms with Crippen LogP contribution in [-0.4, -0.2) is 21.5 Å². The second-order valence-corrected chi connectivity index (χ2v) is 3.52. The van der Waals surface area contributed by atoms with E-state index in [1.54, 1.807) is 22.9 Å². The fourth-order valence-corrected chi connectivity index (χ4v) is 1.64. The van der Waals surface area contributed by atoms with Crippen molar-refractivity contribution in [2.75, 3.05) is 0 Å². The van der Waals surface area contributed by atoms with Crippen molar-refractivity contribution in [1.82, 2.24) is 4.57 Å². The lowest BCUT2D eigenvalue weighted by molar-refractivity contribution is -0.137. The number of rotatable bonds is 3. The minimum absolute atomic E-state index is 0. The van der Waals surface area contributed by atoms with Crippen LogP contribution in [0.4, 0.5) is 0 Å². The molecule has 6 heteroatoms. The van der Waals surface area contributed by atoms with Crippen LogP contribution in [0, 0.1) is 5.41 Å². The van der Waals surface area contributed by atoms with E-state index in [4.69, 9.17) is 16.2 Å². The maximum absolute atomic E-state index is 10.6. The van der Waals surface area contributed by atoms with E-state index in [1.165, 1.54) is 0 Å². The summed E-state index contributed by atoms with van der Waals surface area (Å²) in [5.41, 5.74) is 6.75. The van der Waals surface area contributed by atoms with Crippen LogP contribution >= 0.6 is 12.4 Å². The van der Waals surface area contributed by atoms with Gasteiger partial charge in [-0.15, -0.1) is 12.4 Å². The summed E-state index contributed by atoms with van der Waals surface area (Å²) in [4.78, 5) is 10.6. The van der Waals surface area contributed by atoms with E-state index < -0.39 is 5.97 Å². The van der Waals surface area contributed by atoms with Gasteiger partial charge in [0.2, 0.25) is 0 Å². The SMILES string of the molecule is Cl.N=C(N)c1ccc2ccn(CC(=O)O)c2c1. The standard InChI is InChI=1S/C11H11N3O2.ClH/c12-11(13)8-2-1-7-3-4-14(6-10(15)16)9(7)5-8;/h1-5H,6H2,(H3,12,13)(H,15,16);1H. The monoisotopic (exact) mass is 253 g/mol. The van der Waals surface area contributed by atoms with E-state index in [0.717, 1.165) is 10.9 Å². The summed E-state index contributed by atoms with van der Waals surface area (Å²) < 4.78 is 1.62. The van der Waals surface area contributed by atoms with Crippen molar-refractivity contribution in [2.24, 2.45) is 5.73 Å². The first kappa shape index (κ1) is 13.1. The number of nitrogens with two attached hydrogens (primary N) is 1. The van der Waals surface area contributed by atoms with Gasteiger partial charge in [0.15, 0.2) is 0 Å². The van der Waals surface area contributed by atoms with Gasteiger partial charge in [-0.1, -0.05) is 12.1 Å². The Morgan fingerprint density at radius 3 is 2.71 bits per heavy atom. The van der Waals surface area contributed by atoms with Crippen LogP contribution in [0.3, 0.4) is 0 Å². The number of benzene rings is 1. The molecule has 2 rings (SSSR count). The average Bonchev–Trinajstić information content (AvgIpc) is 2.60. The number of hydrogen-bond acceptors (Lipinski definition) is 2. The van der Waals surface area contributed by atoms with E-state index in [1.807, 2.05) is 12.1 Å². The topological polar surface area (TPSA) is 92.1 Å². The molecule has 0 spiro atoms. The van der Waals surface area contributed by atoms with Crippen LogP contribution in [0.1, 0.15) is 5.56 Å². The Bertz CT molecular complexity index is 577. The van der Waals surface area contributed by atoms with Gasteiger partial charge in [-0.05, 0) is 17.5 Å². The molecule has 0 aliphatic rings. The van der Waals surface area contributed by atoms with Crippen molar-refractivity contribution in [1.29, 1.82) is 5.41 Å². The molecular weight excluding hydrogens is 242 g/mol. The Morgan fingerprint density at radius 2 is 2.12 bits per heavy atom. The highest BCUT2D eigenvalue weighted by Gasteiger charge is 2.06. The molecule has 5 nitrogen and oxygen atoms in total. The zero-order valence-electron chi connectivity index (χ0n) is 8.88. The lowest BCUT2D eigenvalue weighted by Gasteiger charge is -2.03. The van der Waals surface area contributed by atoms with Crippen molar-refractivity contribution in [2.45, 2.75) is 6.54 Å². The van der Waals surface area contributed by atoms with Gasteiger partial charge in [0, 0.05) is 17.3 Å². The Kier molecular flexibility index (Phi) is 3.75. The van der Waals surface area contributed by atoms with Crippen LogP contribution < -0.4 is 5.73 Å². The number of carbonyl (C=O) groups is 1. The van der Waals surface area contributed by atoms with Gasteiger partial charge in [-0.2, -0.15) is 0 Å². The lowest BCUT2D eigenvalue weighted by Crippen LogP contribution is -2.11. The molecule has 1 heterocycles. The van der Waals surface area contributed by atoms with Gasteiger partial charge < -0.3 is 15.4 Å². The first-order valence-electron chi connectivity index (χ1n) is 4.73. The van der Waals surface area contributed by atoms with Gasteiger partial charge >= 0.3 is 5.97 Å². The molecular formula is C11H12ClN3O2. The molecule has 0 saturated heterocycles. The predicted octanol–water partition coefficient (Wildman–Crippen LogP) is 1.43. The van der Waals surface area contributed by atoms with Gasteiger partial charge in [-0.3, -0.25) is 10.2 Å². The van der Waals surface area contributed by atoms with E-state index in [2.05, 4.69) is 0 Å².